The fourth-order valence-electron chi connectivity index (χ4n) is 5.63. The highest BCUT2D eigenvalue weighted by Gasteiger charge is 2.58. The van der Waals surface area contributed by atoms with Crippen LogP contribution in [0.5, 0.6) is 0 Å². The standard InChI is InChI=1S/C23H30O7/c1-13-5-6-18-17(11-24)22(30-15(3)26)21(29-14(2)25)10-23(18,4)19(13)9-20(27)16-7-8-28-12-16/h7-8,12,17-19,21-22,24H,1,5-6,9-11H2,2-4H3. The number of esters is 2. The Morgan fingerprint density at radius 3 is 2.53 bits per heavy atom. The molecule has 30 heavy (non-hydrogen) atoms. The Kier molecular flexibility index (Phi) is 6.50. The Morgan fingerprint density at radius 2 is 1.97 bits per heavy atom. The summed E-state index contributed by atoms with van der Waals surface area (Å²) in [4.78, 5) is 36.4. The predicted octanol–water partition coefficient (Wildman–Crippen LogP) is 3.32. The van der Waals surface area contributed by atoms with Gasteiger partial charge in [-0.05, 0) is 42.6 Å². The molecule has 6 atom stereocenters. The van der Waals surface area contributed by atoms with Crippen LogP contribution in [-0.4, -0.2) is 41.6 Å². The first kappa shape index (κ1) is 22.3. The molecule has 164 valence electrons. The summed E-state index contributed by atoms with van der Waals surface area (Å²) in [6, 6.07) is 1.64. The van der Waals surface area contributed by atoms with Gasteiger partial charge in [0, 0.05) is 32.8 Å². The summed E-state index contributed by atoms with van der Waals surface area (Å²) in [6.45, 7) is 8.72. The Balaban J connectivity index is 1.96. The van der Waals surface area contributed by atoms with Crippen LogP contribution in [0.1, 0.15) is 56.8 Å². The maximum Gasteiger partial charge on any atom is 0.303 e. The van der Waals surface area contributed by atoms with E-state index in [1.807, 2.05) is 0 Å². The Bertz CT molecular complexity index is 812. The van der Waals surface area contributed by atoms with E-state index in [-0.39, 0.29) is 30.6 Å². The zero-order valence-corrected chi connectivity index (χ0v) is 17.8. The van der Waals surface area contributed by atoms with Crippen LogP contribution in [0.15, 0.2) is 35.2 Å². The number of aliphatic hydroxyl groups is 1. The van der Waals surface area contributed by atoms with Gasteiger partial charge in [0.2, 0.25) is 0 Å². The lowest BCUT2D eigenvalue weighted by Crippen LogP contribution is -2.59. The molecule has 2 fully saturated rings. The first-order chi connectivity index (χ1) is 14.2. The number of hydrogen-bond acceptors (Lipinski definition) is 7. The van der Waals surface area contributed by atoms with Gasteiger partial charge in [-0.25, -0.2) is 0 Å². The third kappa shape index (κ3) is 4.21. The zero-order valence-electron chi connectivity index (χ0n) is 17.8. The van der Waals surface area contributed by atoms with Gasteiger partial charge in [0.25, 0.3) is 0 Å². The Hall–Kier alpha value is -2.41. The van der Waals surface area contributed by atoms with Gasteiger partial charge >= 0.3 is 11.9 Å². The Morgan fingerprint density at radius 1 is 1.27 bits per heavy atom. The summed E-state index contributed by atoms with van der Waals surface area (Å²) < 4.78 is 16.1. The molecule has 0 saturated heterocycles. The van der Waals surface area contributed by atoms with Crippen LogP contribution < -0.4 is 0 Å². The van der Waals surface area contributed by atoms with Crippen molar-refractivity contribution in [3.8, 4) is 0 Å². The molecular weight excluding hydrogens is 388 g/mol. The minimum absolute atomic E-state index is 0.00805. The van der Waals surface area contributed by atoms with Crippen LogP contribution in [0.25, 0.3) is 0 Å². The number of carbonyl (C=O) groups excluding carboxylic acids is 3. The van der Waals surface area contributed by atoms with Crippen LogP contribution in [-0.2, 0) is 19.1 Å². The van der Waals surface area contributed by atoms with Crippen LogP contribution in [0, 0.1) is 23.2 Å². The monoisotopic (exact) mass is 418 g/mol. The molecule has 3 rings (SSSR count). The number of allylic oxidation sites excluding steroid dienone is 1. The minimum Gasteiger partial charge on any atom is -0.472 e. The van der Waals surface area contributed by atoms with Gasteiger partial charge < -0.3 is 19.0 Å². The normalized spacial score (nSPS) is 33.5. The van der Waals surface area contributed by atoms with E-state index in [0.29, 0.717) is 12.0 Å². The van der Waals surface area contributed by atoms with E-state index in [1.165, 1.54) is 26.4 Å². The number of rotatable bonds is 6. The smallest absolute Gasteiger partial charge is 0.303 e. The van der Waals surface area contributed by atoms with Crippen LogP contribution >= 0.6 is 0 Å². The summed E-state index contributed by atoms with van der Waals surface area (Å²) in [5.41, 5.74) is 1.05. The molecule has 6 unspecified atom stereocenters. The summed E-state index contributed by atoms with van der Waals surface area (Å²) in [6.07, 6.45) is 3.67. The molecule has 0 aliphatic heterocycles. The molecule has 7 nitrogen and oxygen atoms in total. The second-order valence-electron chi connectivity index (χ2n) is 8.77. The SMILES string of the molecule is C=C1CCC2C(CO)C(OC(C)=O)C(OC(C)=O)CC2(C)C1CC(=O)c1ccoc1. The summed E-state index contributed by atoms with van der Waals surface area (Å²) in [5.74, 6) is -1.54. The van der Waals surface area contributed by atoms with E-state index in [2.05, 4.69) is 13.5 Å². The maximum absolute atomic E-state index is 12.9. The molecule has 1 heterocycles. The topological polar surface area (TPSA) is 103 Å². The summed E-state index contributed by atoms with van der Waals surface area (Å²) in [5, 5.41) is 10.2. The van der Waals surface area contributed by atoms with Crippen molar-refractivity contribution in [2.75, 3.05) is 6.61 Å². The number of fused-ring (bicyclic) bond motifs is 1. The zero-order chi connectivity index (χ0) is 22.1. The number of ketones is 1. The summed E-state index contributed by atoms with van der Waals surface area (Å²) in [7, 11) is 0. The molecule has 0 bridgehead atoms. The molecule has 7 heteroatoms. The third-order valence-corrected chi connectivity index (χ3v) is 6.92. The molecule has 2 aliphatic carbocycles. The lowest BCUT2D eigenvalue weighted by atomic mass is 9.49. The van der Waals surface area contributed by atoms with Gasteiger partial charge in [-0.15, -0.1) is 0 Å². The number of hydrogen-bond donors (Lipinski definition) is 1. The second kappa shape index (κ2) is 8.76. The van der Waals surface area contributed by atoms with Crippen molar-refractivity contribution in [2.24, 2.45) is 23.2 Å². The maximum atomic E-state index is 12.9. The van der Waals surface area contributed by atoms with Gasteiger partial charge in [-0.2, -0.15) is 0 Å². The van der Waals surface area contributed by atoms with Crippen LogP contribution in [0.4, 0.5) is 0 Å². The lowest BCUT2D eigenvalue weighted by Gasteiger charge is -2.57. The van der Waals surface area contributed by atoms with Gasteiger partial charge in [0.15, 0.2) is 5.78 Å². The molecule has 2 aliphatic rings. The van der Waals surface area contributed by atoms with Crippen LogP contribution in [0.2, 0.25) is 0 Å². The first-order valence-corrected chi connectivity index (χ1v) is 10.4. The molecule has 1 aromatic heterocycles. The van der Waals surface area contributed by atoms with E-state index in [4.69, 9.17) is 13.9 Å². The van der Waals surface area contributed by atoms with E-state index in [9.17, 15) is 19.5 Å². The van der Waals surface area contributed by atoms with Crippen LogP contribution in [0.3, 0.4) is 0 Å². The molecule has 0 radical (unpaired) electrons. The van der Waals surface area contributed by atoms with Crippen molar-refractivity contribution >= 4 is 17.7 Å². The fraction of sp³-hybridized carbons (Fsp3) is 0.609. The quantitative estimate of drug-likeness (QED) is 0.429. The van der Waals surface area contributed by atoms with Crippen molar-refractivity contribution in [1.82, 2.24) is 0 Å². The van der Waals surface area contributed by atoms with Crippen molar-refractivity contribution < 1.29 is 33.4 Å². The lowest BCUT2D eigenvalue weighted by molar-refractivity contribution is -0.200. The number of aliphatic hydroxyl groups excluding tert-OH is 1. The number of Topliss-reactive ketones (excluding diaryl/α,β-unsaturated/α-hetero) is 1. The number of carbonyl (C=O) groups is 3. The molecule has 1 aromatic rings. The van der Waals surface area contributed by atoms with Crippen molar-refractivity contribution in [2.45, 2.75) is 58.7 Å². The van der Waals surface area contributed by atoms with Crippen molar-refractivity contribution in [3.05, 3.63) is 36.3 Å². The number of furan rings is 1. The van der Waals surface area contributed by atoms with Gasteiger partial charge in [-0.1, -0.05) is 19.1 Å². The van der Waals surface area contributed by atoms with E-state index < -0.39 is 35.5 Å². The van der Waals surface area contributed by atoms with E-state index in [1.54, 1.807) is 6.07 Å². The summed E-state index contributed by atoms with van der Waals surface area (Å²) >= 11 is 0. The average molecular weight is 418 g/mol. The highest BCUT2D eigenvalue weighted by molar-refractivity contribution is 5.96. The minimum atomic E-state index is -0.717. The van der Waals surface area contributed by atoms with Gasteiger partial charge in [-0.3, -0.25) is 14.4 Å². The average Bonchev–Trinajstić information content (AvgIpc) is 3.19. The molecule has 0 spiro atoms. The molecule has 1 N–H and O–H groups in total. The van der Waals surface area contributed by atoms with E-state index >= 15 is 0 Å². The molecule has 0 aromatic carbocycles. The highest BCUT2D eigenvalue weighted by atomic mass is 16.6. The molecule has 0 amide bonds. The molecular formula is C23H30O7. The number of ether oxygens (including phenoxy) is 2. The fourth-order valence-corrected chi connectivity index (χ4v) is 5.63. The predicted molar refractivity (Wildman–Crippen MR) is 107 cm³/mol. The van der Waals surface area contributed by atoms with E-state index in [0.717, 1.165) is 18.4 Å². The van der Waals surface area contributed by atoms with Gasteiger partial charge in [0.05, 0.1) is 11.8 Å². The second-order valence-corrected chi connectivity index (χ2v) is 8.77. The van der Waals surface area contributed by atoms with Crippen molar-refractivity contribution in [1.29, 1.82) is 0 Å². The first-order valence-electron chi connectivity index (χ1n) is 10.4. The molecule has 2 saturated carbocycles. The Labute approximate surface area is 176 Å². The van der Waals surface area contributed by atoms with Crippen molar-refractivity contribution in [3.63, 3.8) is 0 Å². The largest absolute Gasteiger partial charge is 0.472 e. The third-order valence-electron chi connectivity index (χ3n) is 6.92. The van der Waals surface area contributed by atoms with Gasteiger partial charge in [0.1, 0.15) is 18.5 Å². The highest BCUT2D eigenvalue weighted by Crippen LogP contribution is 2.58.